The number of quaternary nitrogens is 1. The fraction of sp³-hybridized carbons (Fsp3) is 0.684. The van der Waals surface area contributed by atoms with Gasteiger partial charge < -0.3 is 4.90 Å². The molecule has 0 bridgehead atoms. The summed E-state index contributed by atoms with van der Waals surface area (Å²) in [7, 11) is 0. The number of hydrogen-bond donors (Lipinski definition) is 1. The van der Waals surface area contributed by atoms with E-state index in [1.54, 1.807) is 4.90 Å². The Morgan fingerprint density at radius 2 is 1.32 bits per heavy atom. The van der Waals surface area contributed by atoms with Crippen molar-refractivity contribution in [1.29, 1.82) is 0 Å². The molecule has 0 aliphatic rings. The molecule has 1 aromatic rings. The van der Waals surface area contributed by atoms with Crippen LogP contribution in [0.4, 0.5) is 0 Å². The predicted octanol–water partition coefficient (Wildman–Crippen LogP) is 0.516. The average Bonchev–Trinajstić information content (AvgIpc) is 2.49. The van der Waals surface area contributed by atoms with Gasteiger partial charge in [-0.3, -0.25) is 4.90 Å². The molecular formula is C19H35LiN2+2. The first-order valence-electron chi connectivity index (χ1n) is 8.91. The van der Waals surface area contributed by atoms with Gasteiger partial charge in [-0.25, -0.2) is 0 Å². The second-order valence-electron chi connectivity index (χ2n) is 6.01. The molecule has 2 nitrogen and oxygen atoms in total. The number of nitrogens with one attached hydrogen (secondary N) is 1. The van der Waals surface area contributed by atoms with Crippen molar-refractivity contribution in [1.82, 2.24) is 4.90 Å². The van der Waals surface area contributed by atoms with Crippen LogP contribution < -0.4 is 23.8 Å². The van der Waals surface area contributed by atoms with Gasteiger partial charge >= 0.3 is 18.9 Å². The van der Waals surface area contributed by atoms with Gasteiger partial charge in [-0.1, -0.05) is 58.0 Å². The quantitative estimate of drug-likeness (QED) is 0.462. The number of rotatable bonds is 11. The normalized spacial score (nSPS) is 12.5. The van der Waals surface area contributed by atoms with E-state index in [0.717, 1.165) is 0 Å². The Morgan fingerprint density at radius 3 is 1.73 bits per heavy atom. The van der Waals surface area contributed by atoms with Gasteiger partial charge in [-0.2, -0.15) is 0 Å². The van der Waals surface area contributed by atoms with E-state index < -0.39 is 0 Å². The molecule has 0 heterocycles. The van der Waals surface area contributed by atoms with Crippen molar-refractivity contribution >= 4 is 0 Å². The minimum atomic E-state index is 0. The van der Waals surface area contributed by atoms with Crippen molar-refractivity contribution in [3.05, 3.63) is 35.9 Å². The van der Waals surface area contributed by atoms with Crippen LogP contribution in [-0.2, 0) is 0 Å². The summed E-state index contributed by atoms with van der Waals surface area (Å²) in [5.41, 5.74) is 1.48. The van der Waals surface area contributed by atoms with Crippen molar-refractivity contribution in [2.45, 2.75) is 59.5 Å². The summed E-state index contributed by atoms with van der Waals surface area (Å²) in [4.78, 5) is 4.43. The van der Waals surface area contributed by atoms with E-state index in [4.69, 9.17) is 0 Å². The monoisotopic (exact) mass is 298 g/mol. The molecule has 0 radical (unpaired) electrons. The van der Waals surface area contributed by atoms with Crippen molar-refractivity contribution < 1.29 is 23.8 Å². The zero-order valence-corrected chi connectivity index (χ0v) is 15.6. The van der Waals surface area contributed by atoms with Crippen LogP contribution in [0.15, 0.2) is 30.3 Å². The Balaban J connectivity index is 0.00000441. The number of benzene rings is 1. The van der Waals surface area contributed by atoms with Crippen LogP contribution in [0.3, 0.4) is 0 Å². The Labute approximate surface area is 150 Å². The van der Waals surface area contributed by atoms with Gasteiger partial charge in [0.25, 0.3) is 0 Å². The Hall–Kier alpha value is -0.263. The largest absolute Gasteiger partial charge is 1.00 e. The van der Waals surface area contributed by atoms with Crippen molar-refractivity contribution in [2.75, 3.05) is 26.2 Å². The first-order chi connectivity index (χ1) is 10.3. The topological polar surface area (TPSA) is 7.68 Å². The molecule has 0 saturated carbocycles. The maximum Gasteiger partial charge on any atom is 1.00 e. The minimum Gasteiger partial charge on any atom is -0.316 e. The molecule has 0 spiro atoms. The fourth-order valence-electron chi connectivity index (χ4n) is 3.33. The summed E-state index contributed by atoms with van der Waals surface area (Å²) in [6, 6.07) is 11.1. The first kappa shape index (κ1) is 21.7. The van der Waals surface area contributed by atoms with Gasteiger partial charge in [0.05, 0.1) is 13.1 Å². The van der Waals surface area contributed by atoms with Crippen LogP contribution in [-0.4, -0.2) is 31.1 Å². The minimum absolute atomic E-state index is 0. The summed E-state index contributed by atoms with van der Waals surface area (Å²) >= 11 is 0. The Morgan fingerprint density at radius 1 is 0.818 bits per heavy atom. The van der Waals surface area contributed by atoms with E-state index in [2.05, 4.69) is 62.9 Å². The number of hydrogen-bond acceptors (Lipinski definition) is 1. The second kappa shape index (κ2) is 13.2. The molecule has 1 rings (SSSR count). The average molecular weight is 298 g/mol. The molecule has 0 aromatic heterocycles. The third-order valence-corrected chi connectivity index (χ3v) is 4.03. The maximum absolute atomic E-state index is 2.70. The van der Waals surface area contributed by atoms with Crippen LogP contribution in [0.1, 0.15) is 65.1 Å². The smallest absolute Gasteiger partial charge is 0.316 e. The van der Waals surface area contributed by atoms with E-state index in [-0.39, 0.29) is 18.9 Å². The molecule has 0 saturated heterocycles. The Kier molecular flexibility index (Phi) is 13.0. The van der Waals surface area contributed by atoms with Crippen molar-refractivity contribution in [3.8, 4) is 0 Å². The molecular weight excluding hydrogens is 263 g/mol. The Bertz CT molecular complexity index is 328. The molecule has 0 amide bonds. The maximum atomic E-state index is 2.70. The zero-order chi connectivity index (χ0) is 15.5. The van der Waals surface area contributed by atoms with Crippen LogP contribution in [0.5, 0.6) is 0 Å². The zero-order valence-electron chi connectivity index (χ0n) is 15.6. The second-order valence-corrected chi connectivity index (χ2v) is 6.01. The molecule has 1 atom stereocenters. The molecule has 0 aliphatic heterocycles. The molecule has 120 valence electrons. The van der Waals surface area contributed by atoms with Gasteiger partial charge in [0.15, 0.2) is 6.17 Å². The standard InChI is InChI=1S/C19H34N2.Li/c1-5-14-20(15-6-2)19(18-12-10-9-11-13-18)21(16-7-3)17-8-4;/h9-13,19H,5-8,14-17H2,1-4H3;/q;+1/p+1. The van der Waals surface area contributed by atoms with E-state index in [1.807, 2.05) is 0 Å². The van der Waals surface area contributed by atoms with Crippen LogP contribution in [0.25, 0.3) is 0 Å². The van der Waals surface area contributed by atoms with E-state index in [0.29, 0.717) is 6.17 Å². The third-order valence-electron chi connectivity index (χ3n) is 4.03. The molecule has 0 aliphatic carbocycles. The van der Waals surface area contributed by atoms with Crippen molar-refractivity contribution in [2.24, 2.45) is 0 Å². The molecule has 0 fully saturated rings. The van der Waals surface area contributed by atoms with E-state index in [9.17, 15) is 0 Å². The van der Waals surface area contributed by atoms with Gasteiger partial charge in [-0.05, 0) is 25.7 Å². The SMILES string of the molecule is CCCN(CCC)C(c1ccccc1)[NH+](CCC)CCC.[Li+]. The van der Waals surface area contributed by atoms with Crippen LogP contribution >= 0.6 is 0 Å². The predicted molar refractivity (Wildman–Crippen MR) is 92.6 cm³/mol. The summed E-state index contributed by atoms with van der Waals surface area (Å²) in [5, 5.41) is 0. The summed E-state index contributed by atoms with van der Waals surface area (Å²) in [6.07, 6.45) is 5.49. The molecule has 1 aromatic carbocycles. The molecule has 3 heteroatoms. The number of nitrogens with zero attached hydrogens (tertiary/aromatic N) is 1. The van der Waals surface area contributed by atoms with Gasteiger partial charge in [-0.15, -0.1) is 0 Å². The summed E-state index contributed by atoms with van der Waals surface area (Å²) in [5.74, 6) is 0. The molecule has 1 unspecified atom stereocenters. The van der Waals surface area contributed by atoms with Gasteiger partial charge in [0, 0.05) is 18.7 Å². The molecule has 22 heavy (non-hydrogen) atoms. The van der Waals surface area contributed by atoms with E-state index >= 15 is 0 Å². The van der Waals surface area contributed by atoms with Crippen LogP contribution in [0, 0.1) is 0 Å². The van der Waals surface area contributed by atoms with E-state index in [1.165, 1.54) is 57.4 Å². The van der Waals surface area contributed by atoms with Gasteiger partial charge in [0.1, 0.15) is 0 Å². The van der Waals surface area contributed by atoms with Crippen LogP contribution in [0.2, 0.25) is 0 Å². The first-order valence-corrected chi connectivity index (χ1v) is 8.91. The van der Waals surface area contributed by atoms with Gasteiger partial charge in [0.2, 0.25) is 0 Å². The fourth-order valence-corrected chi connectivity index (χ4v) is 3.33. The van der Waals surface area contributed by atoms with Crippen molar-refractivity contribution in [3.63, 3.8) is 0 Å². The summed E-state index contributed by atoms with van der Waals surface area (Å²) in [6.45, 7) is 14.1. The summed E-state index contributed by atoms with van der Waals surface area (Å²) < 4.78 is 0. The third kappa shape index (κ3) is 6.88. The molecule has 1 N–H and O–H groups in total.